The Balaban J connectivity index is 2.08. The molecule has 2 rings (SSSR count). The largest absolute Gasteiger partial charge is 0.496 e. The summed E-state index contributed by atoms with van der Waals surface area (Å²) in [6.45, 7) is 8.74. The predicted molar refractivity (Wildman–Crippen MR) is 93.8 cm³/mol. The summed E-state index contributed by atoms with van der Waals surface area (Å²) in [5, 5.41) is 0.756. The SMILES string of the molecule is COc1ccc(Cl)cc1C(CN)C1CCN(CC(C)C)CC1. The maximum atomic E-state index is 6.19. The second kappa shape index (κ2) is 8.19. The van der Waals surface area contributed by atoms with Crippen LogP contribution in [0.25, 0.3) is 0 Å². The van der Waals surface area contributed by atoms with Gasteiger partial charge in [-0.15, -0.1) is 0 Å². The highest BCUT2D eigenvalue weighted by molar-refractivity contribution is 6.30. The zero-order chi connectivity index (χ0) is 16.1. The normalized spacial score (nSPS) is 18.6. The topological polar surface area (TPSA) is 38.5 Å². The summed E-state index contributed by atoms with van der Waals surface area (Å²) in [6, 6.07) is 5.86. The predicted octanol–water partition coefficient (Wildman–Crippen LogP) is 3.76. The molecule has 2 N–H and O–H groups in total. The van der Waals surface area contributed by atoms with Crippen molar-refractivity contribution >= 4 is 11.6 Å². The fraction of sp³-hybridized carbons (Fsp3) is 0.667. The molecule has 0 spiro atoms. The van der Waals surface area contributed by atoms with Gasteiger partial charge in [0, 0.05) is 23.0 Å². The van der Waals surface area contributed by atoms with E-state index in [0.29, 0.717) is 18.4 Å². The van der Waals surface area contributed by atoms with Crippen LogP contribution in [0.4, 0.5) is 0 Å². The Hall–Kier alpha value is -0.770. The van der Waals surface area contributed by atoms with Gasteiger partial charge < -0.3 is 15.4 Å². The number of piperidine rings is 1. The highest BCUT2D eigenvalue weighted by Crippen LogP contribution is 2.37. The minimum absolute atomic E-state index is 0.329. The number of hydrogen-bond donors (Lipinski definition) is 1. The Bertz CT molecular complexity index is 470. The molecular weight excluding hydrogens is 296 g/mol. The van der Waals surface area contributed by atoms with Gasteiger partial charge in [0.2, 0.25) is 0 Å². The summed E-state index contributed by atoms with van der Waals surface area (Å²) in [5.74, 6) is 2.58. The standard InChI is InChI=1S/C18H29ClN2O/c1-13(2)12-21-8-6-14(7-9-21)17(11-20)16-10-15(19)4-5-18(16)22-3/h4-5,10,13-14,17H,6-9,11-12,20H2,1-3H3. The second-order valence-corrected chi connectivity index (χ2v) is 7.20. The van der Waals surface area contributed by atoms with Crippen molar-refractivity contribution in [3.8, 4) is 5.75 Å². The smallest absolute Gasteiger partial charge is 0.122 e. The molecule has 1 aliphatic rings. The third-order valence-corrected chi connectivity index (χ3v) is 4.90. The zero-order valence-electron chi connectivity index (χ0n) is 14.0. The second-order valence-electron chi connectivity index (χ2n) is 6.76. The van der Waals surface area contributed by atoms with Gasteiger partial charge in [0.05, 0.1) is 7.11 Å². The van der Waals surface area contributed by atoms with Crippen LogP contribution in [0.5, 0.6) is 5.75 Å². The van der Waals surface area contributed by atoms with E-state index < -0.39 is 0 Å². The van der Waals surface area contributed by atoms with Crippen molar-refractivity contribution in [1.29, 1.82) is 0 Å². The van der Waals surface area contributed by atoms with Gasteiger partial charge in [0.25, 0.3) is 0 Å². The molecule has 1 saturated heterocycles. The molecule has 1 aromatic rings. The van der Waals surface area contributed by atoms with Crippen molar-refractivity contribution in [2.45, 2.75) is 32.6 Å². The number of benzene rings is 1. The number of methoxy groups -OCH3 is 1. The van der Waals surface area contributed by atoms with Gasteiger partial charge in [0.1, 0.15) is 5.75 Å². The Morgan fingerprint density at radius 2 is 2.00 bits per heavy atom. The molecule has 3 nitrogen and oxygen atoms in total. The van der Waals surface area contributed by atoms with Gasteiger partial charge in [-0.05, 0) is 62.5 Å². The fourth-order valence-electron chi connectivity index (χ4n) is 3.62. The van der Waals surface area contributed by atoms with Crippen molar-refractivity contribution in [3.63, 3.8) is 0 Å². The Labute approximate surface area is 139 Å². The first-order valence-electron chi connectivity index (χ1n) is 8.31. The van der Waals surface area contributed by atoms with Gasteiger partial charge in [-0.2, -0.15) is 0 Å². The number of likely N-dealkylation sites (tertiary alicyclic amines) is 1. The molecule has 1 aliphatic heterocycles. The molecule has 4 heteroatoms. The number of ether oxygens (including phenoxy) is 1. The summed E-state index contributed by atoms with van der Waals surface area (Å²) < 4.78 is 5.52. The summed E-state index contributed by atoms with van der Waals surface area (Å²) in [7, 11) is 1.71. The molecule has 0 bridgehead atoms. The first-order valence-corrected chi connectivity index (χ1v) is 8.68. The number of hydrogen-bond acceptors (Lipinski definition) is 3. The molecule has 0 aromatic heterocycles. The minimum atomic E-state index is 0.329. The van der Waals surface area contributed by atoms with Crippen molar-refractivity contribution in [2.24, 2.45) is 17.6 Å². The van der Waals surface area contributed by atoms with Crippen LogP contribution in [0.1, 0.15) is 38.2 Å². The molecule has 1 fully saturated rings. The summed E-state index contributed by atoms with van der Waals surface area (Å²) >= 11 is 6.19. The molecular formula is C18H29ClN2O. The summed E-state index contributed by atoms with van der Waals surface area (Å²) in [6.07, 6.45) is 2.40. The lowest BCUT2D eigenvalue weighted by atomic mass is 9.79. The van der Waals surface area contributed by atoms with Gasteiger partial charge in [-0.1, -0.05) is 25.4 Å². The van der Waals surface area contributed by atoms with E-state index in [1.165, 1.54) is 38.0 Å². The monoisotopic (exact) mass is 324 g/mol. The molecule has 0 radical (unpaired) electrons. The molecule has 1 heterocycles. The maximum absolute atomic E-state index is 6.19. The van der Waals surface area contributed by atoms with E-state index in [9.17, 15) is 0 Å². The van der Waals surface area contributed by atoms with E-state index in [2.05, 4.69) is 18.7 Å². The molecule has 1 atom stereocenters. The Morgan fingerprint density at radius 1 is 1.32 bits per heavy atom. The lowest BCUT2D eigenvalue weighted by molar-refractivity contribution is 0.154. The van der Waals surface area contributed by atoms with Crippen LogP contribution < -0.4 is 10.5 Å². The molecule has 0 aliphatic carbocycles. The highest BCUT2D eigenvalue weighted by atomic mass is 35.5. The quantitative estimate of drug-likeness (QED) is 0.866. The molecule has 0 amide bonds. The molecule has 1 unspecified atom stereocenters. The van der Waals surface area contributed by atoms with Crippen LogP contribution in [-0.2, 0) is 0 Å². The third-order valence-electron chi connectivity index (χ3n) is 4.67. The van der Waals surface area contributed by atoms with Crippen molar-refractivity contribution < 1.29 is 4.74 Å². The Kier molecular flexibility index (Phi) is 6.54. The Morgan fingerprint density at radius 3 is 2.55 bits per heavy atom. The third kappa shape index (κ3) is 4.37. The molecule has 1 aromatic carbocycles. The minimum Gasteiger partial charge on any atom is -0.496 e. The van der Waals surface area contributed by atoms with Crippen LogP contribution in [0.3, 0.4) is 0 Å². The van der Waals surface area contributed by atoms with Crippen LogP contribution >= 0.6 is 11.6 Å². The van der Waals surface area contributed by atoms with Crippen molar-refractivity contribution in [2.75, 3.05) is 33.3 Å². The molecule has 22 heavy (non-hydrogen) atoms. The van der Waals surface area contributed by atoms with E-state index in [1.807, 2.05) is 18.2 Å². The number of nitrogens with zero attached hydrogens (tertiary/aromatic N) is 1. The van der Waals surface area contributed by atoms with Crippen LogP contribution in [-0.4, -0.2) is 38.2 Å². The van der Waals surface area contributed by atoms with Crippen molar-refractivity contribution in [3.05, 3.63) is 28.8 Å². The highest BCUT2D eigenvalue weighted by Gasteiger charge is 2.28. The van der Waals surface area contributed by atoms with Gasteiger partial charge >= 0.3 is 0 Å². The van der Waals surface area contributed by atoms with E-state index in [-0.39, 0.29) is 0 Å². The molecule has 124 valence electrons. The van der Waals surface area contributed by atoms with E-state index >= 15 is 0 Å². The number of halogens is 1. The van der Waals surface area contributed by atoms with E-state index in [0.717, 1.165) is 16.7 Å². The van der Waals surface area contributed by atoms with Crippen LogP contribution in [0.15, 0.2) is 18.2 Å². The van der Waals surface area contributed by atoms with Gasteiger partial charge in [0.15, 0.2) is 0 Å². The van der Waals surface area contributed by atoms with E-state index in [4.69, 9.17) is 22.1 Å². The zero-order valence-corrected chi connectivity index (χ0v) is 14.8. The lowest BCUT2D eigenvalue weighted by Crippen LogP contribution is -2.38. The lowest BCUT2D eigenvalue weighted by Gasteiger charge is -2.37. The van der Waals surface area contributed by atoms with E-state index in [1.54, 1.807) is 7.11 Å². The van der Waals surface area contributed by atoms with Gasteiger partial charge in [-0.3, -0.25) is 0 Å². The first-order chi connectivity index (χ1) is 10.5. The van der Waals surface area contributed by atoms with Crippen molar-refractivity contribution in [1.82, 2.24) is 4.90 Å². The summed E-state index contributed by atoms with van der Waals surface area (Å²) in [5.41, 5.74) is 7.28. The average Bonchev–Trinajstić information content (AvgIpc) is 2.49. The fourth-order valence-corrected chi connectivity index (χ4v) is 3.80. The van der Waals surface area contributed by atoms with Crippen LogP contribution in [0, 0.1) is 11.8 Å². The average molecular weight is 325 g/mol. The molecule has 0 saturated carbocycles. The number of rotatable bonds is 6. The first kappa shape index (κ1) is 17.6. The maximum Gasteiger partial charge on any atom is 0.122 e. The summed E-state index contributed by atoms with van der Waals surface area (Å²) in [4.78, 5) is 2.57. The van der Waals surface area contributed by atoms with Gasteiger partial charge in [-0.25, -0.2) is 0 Å². The number of nitrogens with two attached hydrogens (primary N) is 1. The van der Waals surface area contributed by atoms with Crippen LogP contribution in [0.2, 0.25) is 5.02 Å².